The number of nitrogens with one attached hydrogen (secondary N) is 3. The molecule has 1 fully saturated rings. The van der Waals surface area contributed by atoms with Crippen LogP contribution in [0.5, 0.6) is 5.75 Å². The summed E-state index contributed by atoms with van der Waals surface area (Å²) in [5.41, 5.74) is 0.889. The van der Waals surface area contributed by atoms with E-state index >= 15 is 0 Å². The molecule has 1 aliphatic rings. The van der Waals surface area contributed by atoms with Crippen LogP contribution in [0.25, 0.3) is 0 Å². The number of carbonyl (C=O) groups excluding carboxylic acids is 3. The maximum atomic E-state index is 13.0. The van der Waals surface area contributed by atoms with Crippen molar-refractivity contribution >= 4 is 65.7 Å². The van der Waals surface area contributed by atoms with Crippen molar-refractivity contribution in [2.75, 3.05) is 24.0 Å². The third-order valence-corrected chi connectivity index (χ3v) is 7.46. The van der Waals surface area contributed by atoms with Crippen molar-refractivity contribution in [3.05, 3.63) is 33.2 Å². The van der Waals surface area contributed by atoms with Crippen LogP contribution in [0, 0.1) is 5.92 Å². The first-order chi connectivity index (χ1) is 15.6. The Bertz CT molecular complexity index is 1180. The Labute approximate surface area is 203 Å². The summed E-state index contributed by atoms with van der Waals surface area (Å²) in [6.07, 6.45) is 4.56. The van der Waals surface area contributed by atoms with Gasteiger partial charge in [-0.1, -0.05) is 24.2 Å². The van der Waals surface area contributed by atoms with Gasteiger partial charge in [-0.3, -0.25) is 19.7 Å². The molecule has 10 nitrogen and oxygen atoms in total. The van der Waals surface area contributed by atoms with Crippen molar-refractivity contribution in [2.45, 2.75) is 32.2 Å². The zero-order chi connectivity index (χ0) is 24.2. The molecule has 0 bridgehead atoms. The van der Waals surface area contributed by atoms with Crippen LogP contribution in [0.15, 0.2) is 22.0 Å². The normalized spacial score (nSPS) is 14.2. The minimum atomic E-state index is -3.42. The molecule has 0 unspecified atom stereocenters. The number of nitrogens with zero attached hydrogens (tertiary/aromatic N) is 1. The number of ketones is 1. The van der Waals surface area contributed by atoms with Crippen molar-refractivity contribution in [1.29, 1.82) is 0 Å². The first kappa shape index (κ1) is 25.3. The van der Waals surface area contributed by atoms with Gasteiger partial charge in [0.15, 0.2) is 10.9 Å². The molecule has 0 saturated heterocycles. The van der Waals surface area contributed by atoms with E-state index in [4.69, 9.17) is 4.74 Å². The summed E-state index contributed by atoms with van der Waals surface area (Å²) in [5, 5.41) is 5.00. The number of hydrogen-bond donors (Lipinski definition) is 3. The monoisotopic (exact) mass is 558 g/mol. The van der Waals surface area contributed by atoms with Gasteiger partial charge in [0.1, 0.15) is 5.75 Å². The van der Waals surface area contributed by atoms with Gasteiger partial charge in [0.2, 0.25) is 10.0 Å². The lowest BCUT2D eigenvalue weighted by Gasteiger charge is -2.14. The van der Waals surface area contributed by atoms with Crippen LogP contribution >= 0.6 is 27.3 Å². The molecule has 178 valence electrons. The molecule has 13 heteroatoms. The predicted octanol–water partition coefficient (Wildman–Crippen LogP) is 2.91. The number of hydrogen-bond acceptors (Lipinski definition) is 8. The van der Waals surface area contributed by atoms with Gasteiger partial charge in [-0.25, -0.2) is 18.1 Å². The van der Waals surface area contributed by atoms with Crippen LogP contribution in [0.4, 0.5) is 10.8 Å². The van der Waals surface area contributed by atoms with Gasteiger partial charge in [-0.05, 0) is 47.0 Å². The number of sulfonamides is 1. The van der Waals surface area contributed by atoms with E-state index in [-0.39, 0.29) is 29.1 Å². The molecule has 1 heterocycles. The Balaban J connectivity index is 1.71. The minimum absolute atomic E-state index is 0.0729. The van der Waals surface area contributed by atoms with Crippen molar-refractivity contribution < 1.29 is 27.5 Å². The van der Waals surface area contributed by atoms with E-state index < -0.39 is 21.8 Å². The van der Waals surface area contributed by atoms with E-state index in [0.717, 1.165) is 43.3 Å². The van der Waals surface area contributed by atoms with E-state index in [9.17, 15) is 22.8 Å². The van der Waals surface area contributed by atoms with E-state index in [2.05, 4.69) is 36.3 Å². The van der Waals surface area contributed by atoms with Gasteiger partial charge in [-0.2, -0.15) is 0 Å². The average Bonchev–Trinajstić information content (AvgIpc) is 3.41. The fourth-order valence-corrected chi connectivity index (χ4v) is 5.19. The summed E-state index contributed by atoms with van der Waals surface area (Å²) < 4.78 is 30.5. The number of aromatic nitrogens is 1. The number of thiazole rings is 1. The van der Waals surface area contributed by atoms with Crippen LogP contribution in [0.2, 0.25) is 0 Å². The minimum Gasteiger partial charge on any atom is -0.497 e. The molecule has 0 atom stereocenters. The highest BCUT2D eigenvalue weighted by molar-refractivity contribution is 9.11. The predicted molar refractivity (Wildman–Crippen MR) is 128 cm³/mol. The van der Waals surface area contributed by atoms with Gasteiger partial charge < -0.3 is 10.1 Å². The Hall–Kier alpha value is -2.35. The third-order valence-electron chi connectivity index (χ3n) is 5.04. The molecule has 2 aromatic rings. The molecule has 3 rings (SSSR count). The van der Waals surface area contributed by atoms with E-state index in [0.29, 0.717) is 20.8 Å². The Morgan fingerprint density at radius 2 is 1.85 bits per heavy atom. The number of carbonyl (C=O) groups is 3. The zero-order valence-corrected chi connectivity index (χ0v) is 21.2. The Kier molecular flexibility index (Phi) is 8.21. The first-order valence-electron chi connectivity index (χ1n) is 10.0. The van der Waals surface area contributed by atoms with Crippen LogP contribution in [-0.2, 0) is 26.2 Å². The average molecular weight is 559 g/mol. The fourth-order valence-electron chi connectivity index (χ4n) is 3.40. The van der Waals surface area contributed by atoms with E-state index in [1.54, 1.807) is 12.1 Å². The second kappa shape index (κ2) is 10.7. The third kappa shape index (κ3) is 6.82. The van der Waals surface area contributed by atoms with E-state index in [1.807, 2.05) is 0 Å². The number of ether oxygens (including phenoxy) is 1. The fraction of sp³-hybridized carbons (Fsp3) is 0.400. The van der Waals surface area contributed by atoms with Crippen molar-refractivity contribution in [2.24, 2.45) is 5.92 Å². The summed E-state index contributed by atoms with van der Waals surface area (Å²) >= 11 is 4.29. The number of halogens is 1. The lowest BCUT2D eigenvalue weighted by Crippen LogP contribution is -2.30. The maximum absolute atomic E-state index is 13.0. The molecule has 0 aliphatic heterocycles. The summed E-state index contributed by atoms with van der Waals surface area (Å²) in [6.45, 7) is -0.0729. The van der Waals surface area contributed by atoms with Gasteiger partial charge in [0.25, 0.3) is 0 Å². The van der Waals surface area contributed by atoms with Crippen molar-refractivity contribution in [1.82, 2.24) is 9.71 Å². The summed E-state index contributed by atoms with van der Waals surface area (Å²) in [5.74, 6) is -1.68. The second-order valence-electron chi connectivity index (χ2n) is 7.50. The first-order valence-corrected chi connectivity index (χ1v) is 13.5. The summed E-state index contributed by atoms with van der Waals surface area (Å²) in [7, 11) is -1.93. The number of Topliss-reactive ketones (excluding diaryl/α,β-unsaturated/α-hetero) is 1. The zero-order valence-electron chi connectivity index (χ0n) is 17.9. The highest BCUT2D eigenvalue weighted by Gasteiger charge is 2.27. The lowest BCUT2D eigenvalue weighted by atomic mass is 9.95. The highest BCUT2D eigenvalue weighted by Crippen LogP contribution is 2.32. The van der Waals surface area contributed by atoms with Crippen molar-refractivity contribution in [3.8, 4) is 5.75 Å². The number of amides is 2. The summed E-state index contributed by atoms with van der Waals surface area (Å²) in [6, 6.07) is 4.69. The van der Waals surface area contributed by atoms with Gasteiger partial charge in [-0.15, -0.1) is 0 Å². The standard InChI is InChI=1S/C20H23BrN4O6S2/c1-31-12-7-8-14(13(9-12)16(26)11-5-3-4-6-11)23-18(27)19(28)25-20-24-15(17(21)32-20)10-22-33(2,29)30/h7-9,11,22H,3-6,10H2,1-2H3,(H,23,27)(H,24,25,28). The van der Waals surface area contributed by atoms with Crippen LogP contribution in [0.3, 0.4) is 0 Å². The smallest absolute Gasteiger partial charge is 0.315 e. The van der Waals surface area contributed by atoms with E-state index in [1.165, 1.54) is 13.2 Å². The molecule has 1 aliphatic carbocycles. The summed E-state index contributed by atoms with van der Waals surface area (Å²) in [4.78, 5) is 42.1. The lowest BCUT2D eigenvalue weighted by molar-refractivity contribution is -0.133. The van der Waals surface area contributed by atoms with Crippen LogP contribution in [-0.4, -0.2) is 44.4 Å². The molecular weight excluding hydrogens is 536 g/mol. The van der Waals surface area contributed by atoms with Crippen molar-refractivity contribution in [3.63, 3.8) is 0 Å². The highest BCUT2D eigenvalue weighted by atomic mass is 79.9. The molecule has 33 heavy (non-hydrogen) atoms. The Morgan fingerprint density at radius 1 is 1.18 bits per heavy atom. The molecule has 0 spiro atoms. The number of anilines is 2. The Morgan fingerprint density at radius 3 is 2.48 bits per heavy atom. The van der Waals surface area contributed by atoms with Gasteiger partial charge >= 0.3 is 11.8 Å². The van der Waals surface area contributed by atoms with Gasteiger partial charge in [0, 0.05) is 11.5 Å². The number of rotatable bonds is 8. The van der Waals surface area contributed by atoms with Gasteiger partial charge in [0.05, 0.1) is 35.1 Å². The largest absolute Gasteiger partial charge is 0.497 e. The molecule has 3 N–H and O–H groups in total. The SMILES string of the molecule is COc1ccc(NC(=O)C(=O)Nc2nc(CNS(C)(=O)=O)c(Br)s2)c(C(=O)C2CCCC2)c1. The number of benzene rings is 1. The quantitative estimate of drug-likeness (QED) is 0.333. The topological polar surface area (TPSA) is 144 Å². The molecule has 1 aromatic heterocycles. The molecule has 0 radical (unpaired) electrons. The number of methoxy groups -OCH3 is 1. The second-order valence-corrected chi connectivity index (χ2v) is 11.6. The molecular formula is C20H23BrN4O6S2. The maximum Gasteiger partial charge on any atom is 0.315 e. The van der Waals surface area contributed by atoms with Crippen LogP contribution < -0.4 is 20.1 Å². The molecule has 1 saturated carbocycles. The van der Waals surface area contributed by atoms with Crippen LogP contribution in [0.1, 0.15) is 41.7 Å². The molecule has 1 aromatic carbocycles. The molecule has 2 amide bonds.